The monoisotopic (exact) mass is 221 g/mol. The summed E-state index contributed by atoms with van der Waals surface area (Å²) in [5.41, 5.74) is 0. The fourth-order valence-corrected chi connectivity index (χ4v) is 2.87. The highest BCUT2D eigenvalue weighted by Crippen LogP contribution is 2.07. The van der Waals surface area contributed by atoms with E-state index in [4.69, 9.17) is 13.3 Å². The maximum Gasteiger partial charge on any atom is 0.514 e. The zero-order valence-electron chi connectivity index (χ0n) is 9.76. The van der Waals surface area contributed by atoms with Crippen molar-refractivity contribution in [1.82, 2.24) is 5.32 Å². The third-order valence-electron chi connectivity index (χ3n) is 2.09. The Morgan fingerprint density at radius 2 is 1.79 bits per heavy atom. The van der Waals surface area contributed by atoms with Crippen LogP contribution in [0, 0.1) is 0 Å². The van der Waals surface area contributed by atoms with Crippen LogP contribution in [-0.2, 0) is 13.3 Å². The van der Waals surface area contributed by atoms with Gasteiger partial charge in [0, 0.05) is 20.8 Å². The molecule has 0 spiro atoms. The lowest BCUT2D eigenvalue weighted by molar-refractivity contribution is 0.0957. The number of nitrogens with one attached hydrogen (secondary N) is 1. The Hall–Kier alpha value is 0.0569. The van der Waals surface area contributed by atoms with E-state index in [2.05, 4.69) is 12.2 Å². The Bertz CT molecular complexity index is 131. The normalized spacial score (nSPS) is 12.0. The lowest BCUT2D eigenvalue weighted by Crippen LogP contribution is -2.52. The van der Waals surface area contributed by atoms with E-state index in [1.807, 2.05) is 7.05 Å². The number of hydrogen-bond acceptors (Lipinski definition) is 4. The molecule has 0 radical (unpaired) electrons. The molecule has 0 aromatic heterocycles. The van der Waals surface area contributed by atoms with Crippen molar-refractivity contribution in [3.05, 3.63) is 0 Å². The zero-order chi connectivity index (χ0) is 10.9. The summed E-state index contributed by atoms with van der Waals surface area (Å²) in [4.78, 5) is 0. The molecule has 0 aromatic carbocycles. The first-order chi connectivity index (χ1) is 6.74. The Morgan fingerprint density at radius 3 is 2.21 bits per heavy atom. The molecular weight excluding hydrogens is 198 g/mol. The Labute approximate surface area is 88.3 Å². The van der Waals surface area contributed by atoms with Gasteiger partial charge in [-0.2, -0.15) is 0 Å². The first-order valence-electron chi connectivity index (χ1n) is 5.13. The minimum Gasteiger partial charge on any atom is -0.376 e. The van der Waals surface area contributed by atoms with E-state index >= 15 is 0 Å². The summed E-state index contributed by atoms with van der Waals surface area (Å²) in [5, 5.41) is 3.04. The minimum atomic E-state index is -2.40. The molecule has 0 aromatic rings. The van der Waals surface area contributed by atoms with Gasteiger partial charge in [-0.25, -0.2) is 0 Å². The molecule has 0 fully saturated rings. The number of unbranched alkanes of at least 4 members (excludes halogenated alkanes) is 2. The van der Waals surface area contributed by atoms with Crippen LogP contribution < -0.4 is 5.32 Å². The van der Waals surface area contributed by atoms with Gasteiger partial charge in [-0.1, -0.05) is 19.8 Å². The van der Waals surface area contributed by atoms with Crippen LogP contribution in [0.2, 0.25) is 0 Å². The Morgan fingerprint density at radius 1 is 1.14 bits per heavy atom. The molecule has 0 bridgehead atoms. The average molecular weight is 221 g/mol. The van der Waals surface area contributed by atoms with E-state index in [0.29, 0.717) is 6.17 Å². The highest BCUT2D eigenvalue weighted by Gasteiger charge is 2.38. The first-order valence-corrected chi connectivity index (χ1v) is 7.06. The van der Waals surface area contributed by atoms with Crippen molar-refractivity contribution in [2.24, 2.45) is 0 Å². The van der Waals surface area contributed by atoms with Crippen LogP contribution in [0.25, 0.3) is 0 Å². The summed E-state index contributed by atoms with van der Waals surface area (Å²) >= 11 is 0. The molecule has 0 aliphatic heterocycles. The van der Waals surface area contributed by atoms with Gasteiger partial charge in [-0.05, 0) is 13.5 Å². The molecule has 0 saturated heterocycles. The minimum absolute atomic E-state index is 0.659. The quantitative estimate of drug-likeness (QED) is 0.469. The first kappa shape index (κ1) is 14.1. The molecule has 5 heteroatoms. The van der Waals surface area contributed by atoms with Crippen molar-refractivity contribution in [2.45, 2.75) is 26.2 Å². The predicted molar refractivity (Wildman–Crippen MR) is 59.2 cm³/mol. The molecule has 0 heterocycles. The van der Waals surface area contributed by atoms with Gasteiger partial charge in [-0.15, -0.1) is 0 Å². The topological polar surface area (TPSA) is 39.7 Å². The Kier molecular flexibility index (Phi) is 8.41. The third kappa shape index (κ3) is 5.07. The zero-order valence-corrected chi connectivity index (χ0v) is 10.8. The summed E-state index contributed by atoms with van der Waals surface area (Å²) in [6, 6.07) is 0. The fourth-order valence-electron chi connectivity index (χ4n) is 1.19. The molecule has 0 saturated carbocycles. The van der Waals surface area contributed by atoms with Crippen molar-refractivity contribution in [1.29, 1.82) is 0 Å². The number of hydrogen-bond donors (Lipinski definition) is 1. The molecule has 0 aliphatic rings. The standard InChI is InChI=1S/C9H23NO3Si/c1-5-6-7-8-13-14(11-3,12-4)9-10-2/h10H,5-9H2,1-4H3. The second-order valence-corrected chi connectivity index (χ2v) is 6.00. The predicted octanol–water partition coefficient (Wildman–Crippen LogP) is 1.18. The highest BCUT2D eigenvalue weighted by atomic mass is 28.4. The molecule has 0 aliphatic carbocycles. The van der Waals surface area contributed by atoms with Gasteiger partial charge in [0.05, 0.1) is 6.17 Å². The molecule has 1 N–H and O–H groups in total. The molecule has 86 valence electrons. The van der Waals surface area contributed by atoms with Crippen LogP contribution >= 0.6 is 0 Å². The third-order valence-corrected chi connectivity index (χ3v) is 4.76. The molecule has 0 atom stereocenters. The summed E-state index contributed by atoms with van der Waals surface area (Å²) in [7, 11) is 2.76. The lowest BCUT2D eigenvalue weighted by Gasteiger charge is -2.25. The summed E-state index contributed by atoms with van der Waals surface area (Å²) in [6.45, 7) is 2.90. The summed E-state index contributed by atoms with van der Waals surface area (Å²) < 4.78 is 16.4. The molecule has 0 unspecified atom stereocenters. The van der Waals surface area contributed by atoms with Crippen LogP contribution in [0.3, 0.4) is 0 Å². The highest BCUT2D eigenvalue weighted by molar-refractivity contribution is 6.60. The van der Waals surface area contributed by atoms with Crippen molar-refractivity contribution < 1.29 is 13.3 Å². The molecular formula is C9H23NO3Si. The lowest BCUT2D eigenvalue weighted by atomic mass is 10.3. The molecule has 4 nitrogen and oxygen atoms in total. The van der Waals surface area contributed by atoms with E-state index in [0.717, 1.165) is 13.0 Å². The van der Waals surface area contributed by atoms with Crippen molar-refractivity contribution in [3.8, 4) is 0 Å². The van der Waals surface area contributed by atoms with Gasteiger partial charge in [-0.3, -0.25) is 0 Å². The van der Waals surface area contributed by atoms with Gasteiger partial charge >= 0.3 is 8.80 Å². The van der Waals surface area contributed by atoms with E-state index in [-0.39, 0.29) is 0 Å². The second-order valence-electron chi connectivity index (χ2n) is 3.18. The van der Waals surface area contributed by atoms with Gasteiger partial charge < -0.3 is 18.6 Å². The van der Waals surface area contributed by atoms with Crippen LogP contribution in [0.4, 0.5) is 0 Å². The van der Waals surface area contributed by atoms with Crippen molar-refractivity contribution in [2.75, 3.05) is 34.0 Å². The van der Waals surface area contributed by atoms with Crippen LogP contribution in [0.1, 0.15) is 26.2 Å². The van der Waals surface area contributed by atoms with Crippen molar-refractivity contribution in [3.63, 3.8) is 0 Å². The SMILES string of the molecule is CCCCCO[Si](CNC)(OC)OC. The molecule has 0 rings (SSSR count). The van der Waals surface area contributed by atoms with Crippen LogP contribution in [0.15, 0.2) is 0 Å². The van der Waals surface area contributed by atoms with Gasteiger partial charge in [0.25, 0.3) is 0 Å². The maximum atomic E-state index is 5.70. The van der Waals surface area contributed by atoms with E-state index < -0.39 is 8.80 Å². The van der Waals surface area contributed by atoms with Gasteiger partial charge in [0.15, 0.2) is 0 Å². The van der Waals surface area contributed by atoms with Gasteiger partial charge in [0.1, 0.15) is 0 Å². The van der Waals surface area contributed by atoms with E-state index in [9.17, 15) is 0 Å². The second kappa shape index (κ2) is 8.37. The van der Waals surface area contributed by atoms with Gasteiger partial charge in [0.2, 0.25) is 0 Å². The van der Waals surface area contributed by atoms with Crippen molar-refractivity contribution >= 4 is 8.80 Å². The Balaban J connectivity index is 3.82. The average Bonchev–Trinajstić information content (AvgIpc) is 2.23. The number of rotatable bonds is 9. The van der Waals surface area contributed by atoms with E-state index in [1.165, 1.54) is 12.8 Å². The maximum absolute atomic E-state index is 5.70. The summed E-state index contributed by atoms with van der Waals surface area (Å²) in [5.74, 6) is 0. The van der Waals surface area contributed by atoms with Crippen LogP contribution in [-0.4, -0.2) is 42.8 Å². The fraction of sp³-hybridized carbons (Fsp3) is 1.00. The smallest absolute Gasteiger partial charge is 0.376 e. The summed E-state index contributed by atoms with van der Waals surface area (Å²) in [6.07, 6.45) is 4.12. The van der Waals surface area contributed by atoms with Crippen LogP contribution in [0.5, 0.6) is 0 Å². The molecule has 14 heavy (non-hydrogen) atoms. The van der Waals surface area contributed by atoms with E-state index in [1.54, 1.807) is 14.2 Å². The molecule has 0 amide bonds. The largest absolute Gasteiger partial charge is 0.514 e.